The lowest BCUT2D eigenvalue weighted by molar-refractivity contribution is -0.136. The Morgan fingerprint density at radius 1 is 0.907 bits per heavy atom. The summed E-state index contributed by atoms with van der Waals surface area (Å²) in [6.07, 6.45) is -4.25. The molecule has 1 amide bonds. The summed E-state index contributed by atoms with van der Waals surface area (Å²) in [7, 11) is 0. The second-order valence-electron chi connectivity index (χ2n) is 13.5. The summed E-state index contributed by atoms with van der Waals surface area (Å²) in [5.41, 5.74) is 0.461. The minimum atomic E-state index is -4.90. The predicted octanol–water partition coefficient (Wildman–Crippen LogP) is 7.01. The fourth-order valence-electron chi connectivity index (χ4n) is 6.56. The molecule has 0 atom stereocenters. The number of carbonyl (C=O) groups is 1. The van der Waals surface area contributed by atoms with Crippen LogP contribution in [0.25, 0.3) is 33.7 Å². The Balaban J connectivity index is 1.14. The first-order valence-corrected chi connectivity index (χ1v) is 17.4. The maximum absolute atomic E-state index is 14.1. The van der Waals surface area contributed by atoms with Crippen LogP contribution in [0.5, 0.6) is 0 Å². The Kier molecular flexibility index (Phi) is 10.9. The summed E-state index contributed by atoms with van der Waals surface area (Å²) in [4.78, 5) is 46.5. The van der Waals surface area contributed by atoms with Crippen LogP contribution in [0, 0.1) is 12.8 Å². The number of aromatic nitrogens is 7. The van der Waals surface area contributed by atoms with Gasteiger partial charge in [0.2, 0.25) is 5.91 Å². The van der Waals surface area contributed by atoms with Crippen molar-refractivity contribution in [2.24, 2.45) is 5.92 Å². The zero-order valence-corrected chi connectivity index (χ0v) is 29.7. The summed E-state index contributed by atoms with van der Waals surface area (Å²) in [6, 6.07) is 7.84. The van der Waals surface area contributed by atoms with Crippen molar-refractivity contribution in [3.63, 3.8) is 0 Å². The van der Waals surface area contributed by atoms with Gasteiger partial charge in [0, 0.05) is 48.0 Å². The Morgan fingerprint density at radius 2 is 1.67 bits per heavy atom. The van der Waals surface area contributed by atoms with Gasteiger partial charge in [-0.15, -0.1) is 0 Å². The number of benzene rings is 1. The number of pyridine rings is 2. The Hall–Kier alpha value is -5.55. The number of hydrogen-bond acceptors (Lipinski definition) is 9. The molecular formula is C36H38F6N10O2. The molecule has 0 saturated heterocycles. The number of fused-ring (bicyclic) bond motifs is 2. The second-order valence-corrected chi connectivity index (χ2v) is 13.5. The number of hydrogen-bond donors (Lipinski definition) is 2. The molecule has 0 fully saturated rings. The number of nitrogens with one attached hydrogen (secondary N) is 2. The highest BCUT2D eigenvalue weighted by Gasteiger charge is 2.35. The van der Waals surface area contributed by atoms with Crippen LogP contribution in [0.2, 0.25) is 0 Å². The Morgan fingerprint density at radius 3 is 2.33 bits per heavy atom. The van der Waals surface area contributed by atoms with Gasteiger partial charge < -0.3 is 14.8 Å². The normalized spacial score (nSPS) is 13.4. The molecule has 0 bridgehead atoms. The molecule has 1 aliphatic rings. The molecule has 1 aromatic carbocycles. The zero-order chi connectivity index (χ0) is 38.8. The monoisotopic (exact) mass is 756 g/mol. The lowest BCUT2D eigenvalue weighted by Crippen LogP contribution is -2.41. The molecule has 0 saturated carbocycles. The van der Waals surface area contributed by atoms with E-state index in [1.165, 1.54) is 23.0 Å². The van der Waals surface area contributed by atoms with E-state index in [0.29, 0.717) is 72.8 Å². The minimum absolute atomic E-state index is 0.00877. The van der Waals surface area contributed by atoms with Crippen molar-refractivity contribution in [1.82, 2.24) is 34.7 Å². The first-order valence-electron chi connectivity index (χ1n) is 17.4. The Bertz CT molecular complexity index is 2180. The van der Waals surface area contributed by atoms with E-state index in [2.05, 4.69) is 30.5 Å². The molecule has 0 unspecified atom stereocenters. The molecule has 0 spiro atoms. The molecule has 54 heavy (non-hydrogen) atoms. The number of carbonyl (C=O) groups excluding carboxylic acids is 1. The number of rotatable bonds is 13. The van der Waals surface area contributed by atoms with Gasteiger partial charge in [0.25, 0.3) is 5.56 Å². The van der Waals surface area contributed by atoms with Crippen molar-refractivity contribution in [3.05, 3.63) is 70.5 Å². The van der Waals surface area contributed by atoms with Crippen LogP contribution in [0.1, 0.15) is 50.8 Å². The van der Waals surface area contributed by atoms with E-state index in [1.807, 2.05) is 13.0 Å². The third-order valence-electron chi connectivity index (χ3n) is 8.97. The van der Waals surface area contributed by atoms with Gasteiger partial charge in [-0.2, -0.15) is 31.4 Å². The molecule has 18 heteroatoms. The van der Waals surface area contributed by atoms with Crippen LogP contribution in [-0.2, 0) is 17.5 Å². The molecule has 1 aliphatic heterocycles. The predicted molar refractivity (Wildman–Crippen MR) is 191 cm³/mol. The van der Waals surface area contributed by atoms with Gasteiger partial charge in [-0.25, -0.2) is 19.9 Å². The molecular weight excluding hydrogens is 718 g/mol. The van der Waals surface area contributed by atoms with Crippen LogP contribution in [0.15, 0.2) is 53.7 Å². The van der Waals surface area contributed by atoms with Gasteiger partial charge >= 0.3 is 12.4 Å². The van der Waals surface area contributed by atoms with Crippen LogP contribution in [0.3, 0.4) is 0 Å². The minimum Gasteiger partial charge on any atom is -0.362 e. The summed E-state index contributed by atoms with van der Waals surface area (Å²) >= 11 is 0. The number of amides is 1. The van der Waals surface area contributed by atoms with E-state index in [4.69, 9.17) is 4.98 Å². The van der Waals surface area contributed by atoms with E-state index < -0.39 is 30.0 Å². The fraction of sp³-hybridized carbons (Fsp3) is 0.417. The van der Waals surface area contributed by atoms with E-state index in [1.54, 1.807) is 31.0 Å². The topological polar surface area (TPSA) is 138 Å². The molecule has 286 valence electrons. The van der Waals surface area contributed by atoms with Gasteiger partial charge in [0.1, 0.15) is 18.6 Å². The summed E-state index contributed by atoms with van der Waals surface area (Å²) in [5.74, 6) is 0.985. The van der Waals surface area contributed by atoms with Crippen molar-refractivity contribution in [2.45, 2.75) is 65.4 Å². The quantitative estimate of drug-likeness (QED) is 0.0960. The molecule has 12 nitrogen and oxygen atoms in total. The summed E-state index contributed by atoms with van der Waals surface area (Å²) in [6.45, 7) is 4.39. The number of nitrogens with zero attached hydrogens (tertiary/aromatic N) is 8. The number of alkyl halides is 6. The van der Waals surface area contributed by atoms with Crippen LogP contribution in [-0.4, -0.2) is 73.0 Å². The number of halogens is 6. The second kappa shape index (κ2) is 15.4. The molecule has 6 rings (SSSR count). The van der Waals surface area contributed by atoms with Crippen molar-refractivity contribution in [2.75, 3.05) is 41.3 Å². The average molecular weight is 757 g/mol. The van der Waals surface area contributed by atoms with Gasteiger partial charge in [-0.1, -0.05) is 26.7 Å². The lowest BCUT2D eigenvalue weighted by atomic mass is 10.1. The molecule has 0 radical (unpaired) electrons. The van der Waals surface area contributed by atoms with Crippen LogP contribution in [0.4, 0.5) is 43.7 Å². The summed E-state index contributed by atoms with van der Waals surface area (Å²) in [5, 5.41) is 9.29. The van der Waals surface area contributed by atoms with Gasteiger partial charge in [-0.3, -0.25) is 19.6 Å². The third kappa shape index (κ3) is 8.63. The SMILES string of the molecule is Cc1nc(-c2ncn[nH]2)ccc1-c1cnc2c(n1)N(CCCCCCn1c(=O)cc(C(F)(F)F)c3cc(N(CC(C)C)CC(F)(F)F)ccc31)C(=O)CN2. The van der Waals surface area contributed by atoms with E-state index >= 15 is 0 Å². The van der Waals surface area contributed by atoms with Gasteiger partial charge in [0.05, 0.1) is 29.5 Å². The van der Waals surface area contributed by atoms with Crippen LogP contribution < -0.4 is 20.7 Å². The standard InChI is InChI=1S/C36H38F6N10O2/c1-21(2)18-50(19-35(37,38)39)23-8-11-29-25(14-23)26(36(40,41)42)15-30(53)51(29)12-6-4-5-7-13-52-31(54)17-44-33-34(52)48-28(16-43-33)24-9-10-27(47-22(24)3)32-45-20-46-49-32/h8-11,14-16,20-21H,4-7,12-13,17-19H2,1-3H3,(H,43,44)(H,45,46,49). The van der Waals surface area contributed by atoms with Gasteiger partial charge in [-0.05, 0) is 56.0 Å². The number of anilines is 3. The maximum atomic E-state index is 14.1. The highest BCUT2D eigenvalue weighted by atomic mass is 19.4. The van der Waals surface area contributed by atoms with Gasteiger partial charge in [0.15, 0.2) is 17.5 Å². The first-order chi connectivity index (χ1) is 25.6. The fourth-order valence-corrected chi connectivity index (χ4v) is 6.56. The van der Waals surface area contributed by atoms with Crippen molar-refractivity contribution < 1.29 is 31.1 Å². The molecule has 5 aromatic rings. The van der Waals surface area contributed by atoms with Crippen molar-refractivity contribution in [3.8, 4) is 22.8 Å². The third-order valence-corrected chi connectivity index (χ3v) is 8.97. The van der Waals surface area contributed by atoms with E-state index in [0.717, 1.165) is 16.5 Å². The number of aryl methyl sites for hydroxylation is 2. The average Bonchev–Trinajstić information content (AvgIpc) is 3.64. The van der Waals surface area contributed by atoms with E-state index in [9.17, 15) is 35.9 Å². The smallest absolute Gasteiger partial charge is 0.362 e. The van der Waals surface area contributed by atoms with Crippen molar-refractivity contribution in [1.29, 1.82) is 0 Å². The zero-order valence-electron chi connectivity index (χ0n) is 29.7. The number of unbranched alkanes of at least 4 members (excludes halogenated alkanes) is 3. The number of aromatic amines is 1. The Labute approximate surface area is 305 Å². The highest BCUT2D eigenvalue weighted by Crippen LogP contribution is 2.36. The molecule has 5 heterocycles. The highest BCUT2D eigenvalue weighted by molar-refractivity contribution is 6.01. The largest absolute Gasteiger partial charge is 0.417 e. The molecule has 4 aromatic heterocycles. The molecule has 0 aliphatic carbocycles. The maximum Gasteiger partial charge on any atom is 0.417 e. The summed E-state index contributed by atoms with van der Waals surface area (Å²) < 4.78 is 83.8. The first kappa shape index (κ1) is 38.2. The van der Waals surface area contributed by atoms with Crippen LogP contribution >= 0.6 is 0 Å². The lowest BCUT2D eigenvalue weighted by Gasteiger charge is -2.28. The van der Waals surface area contributed by atoms with Crippen molar-refractivity contribution >= 4 is 34.1 Å². The molecule has 2 N–H and O–H groups in total. The van der Waals surface area contributed by atoms with E-state index in [-0.39, 0.29) is 48.0 Å². The number of H-pyrrole nitrogens is 1.